The van der Waals surface area contributed by atoms with E-state index in [1.165, 1.54) is 18.3 Å². The van der Waals surface area contributed by atoms with E-state index < -0.39 is 23.0 Å². The fraction of sp³-hybridized carbons (Fsp3) is 0.300. The van der Waals surface area contributed by atoms with E-state index in [9.17, 15) is 18.8 Å². The van der Waals surface area contributed by atoms with Crippen LogP contribution in [0.3, 0.4) is 0 Å². The molecule has 0 aliphatic heterocycles. The maximum atomic E-state index is 14.4. The van der Waals surface area contributed by atoms with Crippen LogP contribution in [0.1, 0.15) is 52.7 Å². The zero-order chi connectivity index (χ0) is 20.5. The third-order valence-corrected chi connectivity index (χ3v) is 4.03. The molecule has 0 fully saturated rings. The highest BCUT2D eigenvalue weighted by atomic mass is 19.1. The number of aromatic nitrogens is 1. The number of nitrogens with zero attached hydrogens (tertiary/aromatic N) is 2. The summed E-state index contributed by atoms with van der Waals surface area (Å²) in [7, 11) is 0. The van der Waals surface area contributed by atoms with Gasteiger partial charge >= 0.3 is 0 Å². The normalized spacial score (nSPS) is 13.0. The Labute approximate surface area is 161 Å². The molecule has 1 aliphatic carbocycles. The van der Waals surface area contributed by atoms with Crippen LogP contribution in [0.15, 0.2) is 30.5 Å². The van der Waals surface area contributed by atoms with Crippen LogP contribution >= 0.6 is 0 Å². The highest BCUT2D eigenvalue weighted by molar-refractivity contribution is 6.29. The standard InChI is InChI=1S/C20H20FN3O4/c1-20(2,3)28-24(11-25)10-9-22-14-7-6-13(21)15-16(14)18(26)12-5-4-8-23-17(12)19(15)27/h4-8,11,22H,9-10H2,1-3H3. The van der Waals surface area contributed by atoms with Gasteiger partial charge in [0, 0.05) is 18.4 Å². The smallest absolute Gasteiger partial charge is 0.233 e. The summed E-state index contributed by atoms with van der Waals surface area (Å²) >= 11 is 0. The summed E-state index contributed by atoms with van der Waals surface area (Å²) in [5.41, 5.74) is -0.471. The summed E-state index contributed by atoms with van der Waals surface area (Å²) in [6, 6.07) is 5.57. The van der Waals surface area contributed by atoms with Gasteiger partial charge in [0.2, 0.25) is 12.2 Å². The van der Waals surface area contributed by atoms with Gasteiger partial charge in [-0.1, -0.05) is 0 Å². The average molecular weight is 385 g/mol. The highest BCUT2D eigenvalue weighted by Crippen LogP contribution is 2.32. The number of nitrogens with one attached hydrogen (secondary N) is 1. The Hall–Kier alpha value is -3.13. The fourth-order valence-electron chi connectivity index (χ4n) is 2.98. The number of hydrogen-bond donors (Lipinski definition) is 1. The largest absolute Gasteiger partial charge is 0.383 e. The molecule has 2 aromatic rings. The first-order valence-corrected chi connectivity index (χ1v) is 8.75. The first kappa shape index (κ1) is 19.6. The van der Waals surface area contributed by atoms with Crippen molar-refractivity contribution in [1.29, 1.82) is 0 Å². The van der Waals surface area contributed by atoms with Gasteiger partial charge in [-0.3, -0.25) is 24.2 Å². The molecular weight excluding hydrogens is 365 g/mol. The van der Waals surface area contributed by atoms with Crippen molar-refractivity contribution in [1.82, 2.24) is 10.0 Å². The second-order valence-electron chi connectivity index (χ2n) is 7.28. The van der Waals surface area contributed by atoms with Crippen LogP contribution in [0.5, 0.6) is 0 Å². The number of hydrogen-bond acceptors (Lipinski definition) is 6. The fourth-order valence-corrected chi connectivity index (χ4v) is 2.98. The van der Waals surface area contributed by atoms with Crippen molar-refractivity contribution in [3.63, 3.8) is 0 Å². The second kappa shape index (κ2) is 7.47. The minimum atomic E-state index is -0.777. The number of ketones is 2. The molecule has 8 heteroatoms. The van der Waals surface area contributed by atoms with Crippen molar-refractivity contribution in [2.75, 3.05) is 18.4 Å². The molecule has 0 unspecified atom stereocenters. The number of benzene rings is 1. The maximum absolute atomic E-state index is 14.4. The molecule has 1 N–H and O–H groups in total. The number of rotatable bonds is 6. The molecular formula is C20H20FN3O4. The van der Waals surface area contributed by atoms with Crippen molar-refractivity contribution < 1.29 is 23.6 Å². The van der Waals surface area contributed by atoms with Crippen LogP contribution < -0.4 is 5.32 Å². The van der Waals surface area contributed by atoms with E-state index in [1.54, 1.807) is 6.07 Å². The Morgan fingerprint density at radius 3 is 2.61 bits per heavy atom. The average Bonchev–Trinajstić information content (AvgIpc) is 2.65. The van der Waals surface area contributed by atoms with Gasteiger partial charge in [-0.15, -0.1) is 0 Å². The second-order valence-corrected chi connectivity index (χ2v) is 7.28. The molecule has 1 aromatic heterocycles. The minimum absolute atomic E-state index is 0.0279. The molecule has 0 saturated carbocycles. The van der Waals surface area contributed by atoms with Crippen LogP contribution in [0.2, 0.25) is 0 Å². The SMILES string of the molecule is CC(C)(C)ON(C=O)CCNc1ccc(F)c2c1C(=O)c1cccnc1C2=O. The first-order valence-electron chi connectivity index (χ1n) is 8.75. The summed E-state index contributed by atoms with van der Waals surface area (Å²) in [5, 5.41) is 4.13. The van der Waals surface area contributed by atoms with Crippen LogP contribution in [0.25, 0.3) is 0 Å². The Bertz CT molecular complexity index is 953. The van der Waals surface area contributed by atoms with Crippen LogP contribution in [0, 0.1) is 5.82 Å². The van der Waals surface area contributed by atoms with Crippen molar-refractivity contribution in [3.05, 3.63) is 58.7 Å². The Morgan fingerprint density at radius 2 is 1.93 bits per heavy atom. The summed E-state index contributed by atoms with van der Waals surface area (Å²) in [6.07, 6.45) is 1.95. The molecule has 146 valence electrons. The Kier molecular flexibility index (Phi) is 5.24. The molecule has 0 atom stereocenters. The maximum Gasteiger partial charge on any atom is 0.233 e. The van der Waals surface area contributed by atoms with Crippen LogP contribution in [-0.2, 0) is 9.63 Å². The lowest BCUT2D eigenvalue weighted by molar-refractivity contribution is -0.214. The van der Waals surface area contributed by atoms with Crippen LogP contribution in [-0.4, -0.2) is 46.7 Å². The lowest BCUT2D eigenvalue weighted by Gasteiger charge is -2.27. The Balaban J connectivity index is 1.86. The van der Waals surface area contributed by atoms with E-state index in [1.807, 2.05) is 20.8 Å². The number of carbonyl (C=O) groups excluding carboxylic acids is 3. The molecule has 0 saturated heterocycles. The summed E-state index contributed by atoms with van der Waals surface area (Å²) in [5.74, 6) is -1.88. The third kappa shape index (κ3) is 3.77. The zero-order valence-corrected chi connectivity index (χ0v) is 15.8. The number of amides is 1. The van der Waals surface area contributed by atoms with Crippen molar-refractivity contribution in [3.8, 4) is 0 Å². The van der Waals surface area contributed by atoms with Crippen LogP contribution in [0.4, 0.5) is 10.1 Å². The lowest BCUT2D eigenvalue weighted by atomic mass is 9.85. The zero-order valence-electron chi connectivity index (χ0n) is 15.8. The van der Waals surface area contributed by atoms with E-state index >= 15 is 0 Å². The minimum Gasteiger partial charge on any atom is -0.383 e. The topological polar surface area (TPSA) is 88.6 Å². The number of halogens is 1. The summed E-state index contributed by atoms with van der Waals surface area (Å²) < 4.78 is 14.4. The predicted octanol–water partition coefficient (Wildman–Crippen LogP) is 2.60. The van der Waals surface area contributed by atoms with Gasteiger partial charge in [-0.25, -0.2) is 9.45 Å². The third-order valence-electron chi connectivity index (χ3n) is 4.03. The molecule has 28 heavy (non-hydrogen) atoms. The Morgan fingerprint density at radius 1 is 1.18 bits per heavy atom. The quantitative estimate of drug-likeness (QED) is 0.518. The predicted molar refractivity (Wildman–Crippen MR) is 99.6 cm³/mol. The number of carbonyl (C=O) groups is 3. The first-order chi connectivity index (χ1) is 13.2. The van der Waals surface area contributed by atoms with Crippen molar-refractivity contribution in [2.24, 2.45) is 0 Å². The highest BCUT2D eigenvalue weighted by Gasteiger charge is 2.35. The lowest BCUT2D eigenvalue weighted by Crippen LogP contribution is -2.36. The monoisotopic (exact) mass is 385 g/mol. The molecule has 7 nitrogen and oxygen atoms in total. The van der Waals surface area contributed by atoms with E-state index in [-0.39, 0.29) is 35.5 Å². The van der Waals surface area contributed by atoms with Gasteiger partial charge in [0.25, 0.3) is 0 Å². The summed E-state index contributed by atoms with van der Waals surface area (Å²) in [4.78, 5) is 46.1. The molecule has 3 rings (SSSR count). The number of pyridine rings is 1. The van der Waals surface area contributed by atoms with Gasteiger partial charge in [0.1, 0.15) is 11.5 Å². The van der Waals surface area contributed by atoms with E-state index in [0.717, 1.165) is 11.1 Å². The van der Waals surface area contributed by atoms with E-state index in [4.69, 9.17) is 4.84 Å². The van der Waals surface area contributed by atoms with Gasteiger partial charge in [0.05, 0.1) is 28.8 Å². The van der Waals surface area contributed by atoms with E-state index in [2.05, 4.69) is 10.3 Å². The number of hydroxylamine groups is 2. The summed E-state index contributed by atoms with van der Waals surface area (Å²) in [6.45, 7) is 5.84. The number of fused-ring (bicyclic) bond motifs is 2. The van der Waals surface area contributed by atoms with Crippen molar-refractivity contribution >= 4 is 23.7 Å². The van der Waals surface area contributed by atoms with E-state index in [0.29, 0.717) is 12.1 Å². The molecule has 1 aromatic carbocycles. The molecule has 1 aliphatic rings. The van der Waals surface area contributed by atoms with Gasteiger partial charge in [0.15, 0.2) is 5.78 Å². The van der Waals surface area contributed by atoms with Gasteiger partial charge < -0.3 is 5.32 Å². The van der Waals surface area contributed by atoms with Gasteiger partial charge in [-0.05, 0) is 45.0 Å². The molecule has 0 radical (unpaired) electrons. The van der Waals surface area contributed by atoms with Crippen molar-refractivity contribution in [2.45, 2.75) is 26.4 Å². The van der Waals surface area contributed by atoms with Gasteiger partial charge in [-0.2, -0.15) is 0 Å². The molecule has 0 spiro atoms. The number of anilines is 1. The molecule has 1 amide bonds. The molecule has 1 heterocycles. The molecule has 0 bridgehead atoms.